The largest absolute Gasteiger partial charge is 0.496 e. The standard InChI is InChI=1S/C21H21NO3/c1-13-18(24-2)11-16-15-9-10-17(23)19(15)22(20(16)21(13)25-3)12-14-7-5-4-6-8-14/h4-8,11H,9-10,12H2,1-3H3. The van der Waals surface area contributed by atoms with E-state index in [0.717, 1.165) is 51.2 Å². The number of hydrogen-bond acceptors (Lipinski definition) is 3. The smallest absolute Gasteiger partial charge is 0.179 e. The molecule has 0 fully saturated rings. The molecule has 0 radical (unpaired) electrons. The van der Waals surface area contributed by atoms with Crippen molar-refractivity contribution in [3.05, 3.63) is 58.8 Å². The Morgan fingerprint density at radius 2 is 1.84 bits per heavy atom. The van der Waals surface area contributed by atoms with Crippen LogP contribution in [0.25, 0.3) is 10.9 Å². The van der Waals surface area contributed by atoms with E-state index in [1.165, 1.54) is 0 Å². The summed E-state index contributed by atoms with van der Waals surface area (Å²) in [5.74, 6) is 1.79. The Morgan fingerprint density at radius 3 is 2.52 bits per heavy atom. The lowest BCUT2D eigenvalue weighted by atomic mass is 10.1. The highest BCUT2D eigenvalue weighted by Crippen LogP contribution is 2.43. The molecule has 0 saturated heterocycles. The molecule has 3 aromatic rings. The predicted octanol–water partition coefficient (Wildman–Crippen LogP) is 4.14. The molecule has 0 bridgehead atoms. The molecule has 2 aromatic carbocycles. The van der Waals surface area contributed by atoms with Crippen LogP contribution in [0.3, 0.4) is 0 Å². The topological polar surface area (TPSA) is 40.5 Å². The monoisotopic (exact) mass is 335 g/mol. The number of ketones is 1. The van der Waals surface area contributed by atoms with Gasteiger partial charge in [0.25, 0.3) is 0 Å². The molecule has 0 saturated carbocycles. The third-order valence-electron chi connectivity index (χ3n) is 5.08. The minimum absolute atomic E-state index is 0.209. The molecule has 0 amide bonds. The first kappa shape index (κ1) is 15.8. The number of benzene rings is 2. The van der Waals surface area contributed by atoms with Gasteiger partial charge in [0.2, 0.25) is 0 Å². The molecular formula is C21H21NO3. The van der Waals surface area contributed by atoms with Gasteiger partial charge in [-0.15, -0.1) is 0 Å². The first-order valence-electron chi connectivity index (χ1n) is 8.49. The van der Waals surface area contributed by atoms with Crippen LogP contribution in [-0.2, 0) is 13.0 Å². The van der Waals surface area contributed by atoms with E-state index in [1.807, 2.05) is 31.2 Å². The Morgan fingerprint density at radius 1 is 1.08 bits per heavy atom. The fraction of sp³-hybridized carbons (Fsp3) is 0.286. The zero-order chi connectivity index (χ0) is 17.6. The average Bonchev–Trinajstić information content (AvgIpc) is 3.15. The lowest BCUT2D eigenvalue weighted by Crippen LogP contribution is -2.08. The minimum atomic E-state index is 0.209. The number of aromatic nitrogens is 1. The molecule has 1 aliphatic carbocycles. The van der Waals surface area contributed by atoms with Gasteiger partial charge in [0.1, 0.15) is 11.5 Å². The second-order valence-corrected chi connectivity index (χ2v) is 6.46. The van der Waals surface area contributed by atoms with Crippen molar-refractivity contribution in [2.75, 3.05) is 14.2 Å². The van der Waals surface area contributed by atoms with Gasteiger partial charge in [-0.1, -0.05) is 30.3 Å². The number of aryl methyl sites for hydroxylation is 1. The molecule has 0 N–H and O–H groups in total. The van der Waals surface area contributed by atoms with E-state index >= 15 is 0 Å². The maximum absolute atomic E-state index is 12.6. The predicted molar refractivity (Wildman–Crippen MR) is 98.0 cm³/mol. The molecular weight excluding hydrogens is 314 g/mol. The summed E-state index contributed by atoms with van der Waals surface area (Å²) in [6.07, 6.45) is 1.36. The van der Waals surface area contributed by atoms with Crippen LogP contribution in [0.5, 0.6) is 11.5 Å². The van der Waals surface area contributed by atoms with Gasteiger partial charge in [0.15, 0.2) is 5.78 Å². The third kappa shape index (κ3) is 2.32. The SMILES string of the molecule is COc1cc2c3c(n(Cc4ccccc4)c2c(OC)c1C)C(=O)CC3. The number of nitrogens with zero attached hydrogens (tertiary/aromatic N) is 1. The van der Waals surface area contributed by atoms with Crippen molar-refractivity contribution in [2.24, 2.45) is 0 Å². The van der Waals surface area contributed by atoms with Gasteiger partial charge in [-0.25, -0.2) is 0 Å². The normalized spacial score (nSPS) is 13.3. The molecule has 128 valence electrons. The lowest BCUT2D eigenvalue weighted by molar-refractivity contribution is 0.0987. The van der Waals surface area contributed by atoms with E-state index < -0.39 is 0 Å². The molecule has 0 aliphatic heterocycles. The number of methoxy groups -OCH3 is 2. The van der Waals surface area contributed by atoms with Gasteiger partial charge in [-0.2, -0.15) is 0 Å². The summed E-state index contributed by atoms with van der Waals surface area (Å²) in [7, 11) is 3.34. The molecule has 0 spiro atoms. The van der Waals surface area contributed by atoms with Crippen LogP contribution in [0.2, 0.25) is 0 Å². The number of Topliss-reactive ketones (excluding diaryl/α,β-unsaturated/α-hetero) is 1. The molecule has 0 unspecified atom stereocenters. The fourth-order valence-electron chi connectivity index (χ4n) is 3.93. The number of ether oxygens (including phenoxy) is 2. The van der Waals surface area contributed by atoms with Crippen molar-refractivity contribution in [3.8, 4) is 11.5 Å². The summed E-state index contributed by atoms with van der Waals surface area (Å²) in [6.45, 7) is 2.64. The molecule has 0 atom stereocenters. The maximum Gasteiger partial charge on any atom is 0.179 e. The van der Waals surface area contributed by atoms with Crippen LogP contribution in [0.15, 0.2) is 36.4 Å². The molecule has 1 aromatic heterocycles. The highest BCUT2D eigenvalue weighted by molar-refractivity contribution is 6.08. The highest BCUT2D eigenvalue weighted by Gasteiger charge is 2.31. The van der Waals surface area contributed by atoms with Crippen LogP contribution in [-0.4, -0.2) is 24.6 Å². The lowest BCUT2D eigenvalue weighted by Gasteiger charge is -2.15. The number of fused-ring (bicyclic) bond motifs is 3. The average molecular weight is 335 g/mol. The molecule has 4 nitrogen and oxygen atoms in total. The second kappa shape index (κ2) is 5.96. The van der Waals surface area contributed by atoms with Crippen LogP contribution < -0.4 is 9.47 Å². The Kier molecular flexibility index (Phi) is 3.75. The molecule has 4 rings (SSSR count). The van der Waals surface area contributed by atoms with Gasteiger partial charge in [-0.3, -0.25) is 4.79 Å². The highest BCUT2D eigenvalue weighted by atomic mass is 16.5. The van der Waals surface area contributed by atoms with Gasteiger partial charge in [0.05, 0.1) is 25.4 Å². The maximum atomic E-state index is 12.6. The first-order valence-corrected chi connectivity index (χ1v) is 8.49. The van der Waals surface area contributed by atoms with Crippen molar-refractivity contribution in [2.45, 2.75) is 26.3 Å². The van der Waals surface area contributed by atoms with Crippen LogP contribution >= 0.6 is 0 Å². The zero-order valence-electron chi connectivity index (χ0n) is 14.8. The Bertz CT molecular complexity index is 970. The summed E-state index contributed by atoms with van der Waals surface area (Å²) < 4.78 is 13.4. The fourth-order valence-corrected chi connectivity index (χ4v) is 3.93. The van der Waals surface area contributed by atoms with Crippen molar-refractivity contribution in [3.63, 3.8) is 0 Å². The van der Waals surface area contributed by atoms with E-state index in [9.17, 15) is 4.79 Å². The number of hydrogen-bond donors (Lipinski definition) is 0. The molecule has 25 heavy (non-hydrogen) atoms. The summed E-state index contributed by atoms with van der Waals surface area (Å²) in [6, 6.07) is 12.3. The van der Waals surface area contributed by atoms with Crippen molar-refractivity contribution >= 4 is 16.7 Å². The quantitative estimate of drug-likeness (QED) is 0.719. The molecule has 4 heteroatoms. The van der Waals surface area contributed by atoms with E-state index in [1.54, 1.807) is 14.2 Å². The van der Waals surface area contributed by atoms with E-state index in [-0.39, 0.29) is 5.78 Å². The van der Waals surface area contributed by atoms with Crippen LogP contribution in [0.4, 0.5) is 0 Å². The Balaban J connectivity index is 2.05. The molecule has 1 aliphatic rings. The summed E-state index contributed by atoms with van der Waals surface area (Å²) >= 11 is 0. The number of rotatable bonds is 4. The molecule has 1 heterocycles. The summed E-state index contributed by atoms with van der Waals surface area (Å²) in [4.78, 5) is 12.6. The number of carbonyl (C=O) groups excluding carboxylic acids is 1. The van der Waals surface area contributed by atoms with Crippen LogP contribution in [0, 0.1) is 6.92 Å². The van der Waals surface area contributed by atoms with Gasteiger partial charge in [-0.05, 0) is 30.5 Å². The van der Waals surface area contributed by atoms with E-state index in [2.05, 4.69) is 16.7 Å². The van der Waals surface area contributed by atoms with Gasteiger partial charge < -0.3 is 14.0 Å². The van der Waals surface area contributed by atoms with E-state index in [4.69, 9.17) is 9.47 Å². The van der Waals surface area contributed by atoms with Crippen molar-refractivity contribution in [1.29, 1.82) is 0 Å². The number of carbonyl (C=O) groups is 1. The van der Waals surface area contributed by atoms with Gasteiger partial charge >= 0.3 is 0 Å². The third-order valence-corrected chi connectivity index (χ3v) is 5.08. The Hall–Kier alpha value is -2.75. The van der Waals surface area contributed by atoms with Crippen LogP contribution in [0.1, 0.15) is 33.6 Å². The van der Waals surface area contributed by atoms with E-state index in [0.29, 0.717) is 13.0 Å². The Labute approximate surface area is 147 Å². The van der Waals surface area contributed by atoms with Crippen molar-refractivity contribution in [1.82, 2.24) is 4.57 Å². The summed E-state index contributed by atoms with van der Waals surface area (Å²) in [5.41, 5.74) is 5.05. The minimum Gasteiger partial charge on any atom is -0.496 e. The van der Waals surface area contributed by atoms with Gasteiger partial charge in [0, 0.05) is 23.9 Å². The van der Waals surface area contributed by atoms with Crippen molar-refractivity contribution < 1.29 is 14.3 Å². The zero-order valence-corrected chi connectivity index (χ0v) is 14.8. The first-order chi connectivity index (χ1) is 12.2. The summed E-state index contributed by atoms with van der Waals surface area (Å²) in [5, 5.41) is 1.07. The second-order valence-electron chi connectivity index (χ2n) is 6.46.